The van der Waals surface area contributed by atoms with E-state index in [9.17, 15) is 0 Å². The second-order valence-corrected chi connectivity index (χ2v) is 48.7. The average molecular weight is 499 g/mol. The Balaban J connectivity index is 1.95. The molecule has 3 aromatic rings. The molecule has 3 atom stereocenters. The molecule has 0 radical (unpaired) electrons. The van der Waals surface area contributed by atoms with Crippen molar-refractivity contribution in [1.29, 1.82) is 0 Å². The van der Waals surface area contributed by atoms with Gasteiger partial charge in [-0.1, -0.05) is 0 Å². The minimum absolute atomic E-state index is 0.486. The van der Waals surface area contributed by atoms with Crippen molar-refractivity contribution < 1.29 is 10.2 Å². The molecule has 0 fully saturated rings. The van der Waals surface area contributed by atoms with Crippen LogP contribution in [-0.2, 0) is 10.2 Å². The third kappa shape index (κ3) is 5.58. The molecule has 0 aromatic heterocycles. The fraction of sp³-hybridized carbons (Fsp3) is 0. The first kappa shape index (κ1) is 18.9. The summed E-state index contributed by atoms with van der Waals surface area (Å²) in [5.74, 6) is 0. The zero-order chi connectivity index (χ0) is 16.9. The van der Waals surface area contributed by atoms with Crippen molar-refractivity contribution in [3.63, 3.8) is 0 Å². The normalized spacial score (nSPS) is 14.7. The summed E-state index contributed by atoms with van der Waals surface area (Å²) in [6.45, 7) is 1.46. The molecule has 0 heterocycles. The molecule has 0 aliphatic heterocycles. The Kier molecular flexibility index (Phi) is 6.49. The van der Waals surface area contributed by atoms with Crippen LogP contribution in [0.1, 0.15) is 0 Å². The predicted octanol–water partition coefficient (Wildman–Crippen LogP) is 5.74. The number of hydrogen-bond acceptors (Lipinski definition) is 0. The molecule has 0 N–H and O–H groups in total. The molecule has 0 saturated carbocycles. The van der Waals surface area contributed by atoms with Crippen LogP contribution in [0.4, 0.5) is 0 Å². The Bertz CT molecular complexity index is 675. The second kappa shape index (κ2) is 8.23. The third-order valence-electron chi connectivity index (χ3n) is 3.09. The Morgan fingerprint density at radius 1 is 0.458 bits per heavy atom. The second-order valence-electron chi connectivity index (χ2n) is 5.08. The van der Waals surface area contributed by atoms with Gasteiger partial charge < -0.3 is 0 Å². The van der Waals surface area contributed by atoms with Gasteiger partial charge in [0.2, 0.25) is 0 Å². The van der Waals surface area contributed by atoms with E-state index in [1.54, 1.807) is 0 Å². The third-order valence-corrected chi connectivity index (χ3v) is 33.5. The zero-order valence-electron chi connectivity index (χ0n) is 12.8. The molecule has 0 saturated heterocycles. The van der Waals surface area contributed by atoms with E-state index >= 15 is 0 Å². The van der Waals surface area contributed by atoms with Gasteiger partial charge in [0.1, 0.15) is 0 Å². The van der Waals surface area contributed by atoms with Gasteiger partial charge in [0.05, 0.1) is 0 Å². The molecule has 127 valence electrons. The molecular formula is C18H18Cl2P3Ru. The molecule has 3 unspecified atom stereocenters. The predicted molar refractivity (Wildman–Crippen MR) is 115 cm³/mol. The van der Waals surface area contributed by atoms with Crippen LogP contribution in [0.25, 0.3) is 0 Å². The molecule has 0 spiro atoms. The SMILES string of the molecule is [Cl][Ru]([Cl])([PH]c1ccccc1)([PH]c1ccccc1)[PH]c1ccccc1. The van der Waals surface area contributed by atoms with E-state index in [0.29, 0.717) is 20.7 Å². The first-order valence-corrected chi connectivity index (χ1v) is 22.1. The Hall–Kier alpha value is 0.153. The maximum atomic E-state index is 7.38. The van der Waals surface area contributed by atoms with Crippen LogP contribution in [0.15, 0.2) is 91.0 Å². The van der Waals surface area contributed by atoms with Crippen molar-refractivity contribution in [3.8, 4) is 0 Å². The minimum atomic E-state index is -3.55. The molecule has 0 nitrogen and oxygen atoms in total. The van der Waals surface area contributed by atoms with E-state index in [1.165, 1.54) is 15.9 Å². The van der Waals surface area contributed by atoms with Crippen LogP contribution in [0.5, 0.6) is 0 Å². The zero-order valence-corrected chi connectivity index (χ0v) is 19.0. The van der Waals surface area contributed by atoms with Gasteiger partial charge in [0.25, 0.3) is 0 Å². The number of benzene rings is 3. The first-order valence-electron chi connectivity index (χ1n) is 7.28. The molecule has 3 rings (SSSR count). The van der Waals surface area contributed by atoms with Crippen molar-refractivity contribution in [3.05, 3.63) is 91.0 Å². The fourth-order valence-corrected chi connectivity index (χ4v) is 37.2. The van der Waals surface area contributed by atoms with Crippen LogP contribution in [-0.4, -0.2) is 0 Å². The number of halogens is 2. The summed E-state index contributed by atoms with van der Waals surface area (Å²) >= 11 is 0. The Morgan fingerprint density at radius 3 is 0.958 bits per heavy atom. The molecule has 24 heavy (non-hydrogen) atoms. The fourth-order valence-electron chi connectivity index (χ4n) is 2.10. The molecule has 0 aliphatic rings. The summed E-state index contributed by atoms with van der Waals surface area (Å²) in [5, 5.41) is 3.79. The van der Waals surface area contributed by atoms with Gasteiger partial charge in [-0.15, -0.1) is 0 Å². The van der Waals surface area contributed by atoms with Crippen LogP contribution in [0.3, 0.4) is 0 Å². The van der Waals surface area contributed by atoms with Crippen molar-refractivity contribution >= 4 is 56.0 Å². The van der Waals surface area contributed by atoms with E-state index in [1.807, 2.05) is 18.2 Å². The first-order chi connectivity index (χ1) is 11.5. The van der Waals surface area contributed by atoms with E-state index < -0.39 is 10.2 Å². The molecule has 3 aromatic carbocycles. The van der Waals surface area contributed by atoms with Crippen molar-refractivity contribution in [2.45, 2.75) is 0 Å². The van der Waals surface area contributed by atoms with E-state index in [-0.39, 0.29) is 0 Å². The summed E-state index contributed by atoms with van der Waals surface area (Å²) in [4.78, 5) is 0. The van der Waals surface area contributed by atoms with E-state index in [0.717, 1.165) is 0 Å². The summed E-state index contributed by atoms with van der Waals surface area (Å²) in [7, 11) is 11.2. The maximum absolute atomic E-state index is 7.38. The Labute approximate surface area is 156 Å². The molecule has 0 bridgehead atoms. The van der Waals surface area contributed by atoms with Crippen LogP contribution >= 0.6 is 40.1 Å². The monoisotopic (exact) mass is 499 g/mol. The molecular weight excluding hydrogens is 481 g/mol. The van der Waals surface area contributed by atoms with Gasteiger partial charge in [-0.2, -0.15) is 0 Å². The molecule has 6 heteroatoms. The van der Waals surface area contributed by atoms with Gasteiger partial charge in [-0.05, 0) is 0 Å². The van der Waals surface area contributed by atoms with Crippen molar-refractivity contribution in [2.24, 2.45) is 0 Å². The quantitative estimate of drug-likeness (QED) is 0.300. The van der Waals surface area contributed by atoms with Crippen LogP contribution < -0.4 is 15.9 Å². The number of rotatable bonds is 6. The van der Waals surface area contributed by atoms with Gasteiger partial charge in [0, 0.05) is 0 Å². The average Bonchev–Trinajstić information content (AvgIpc) is 2.56. The van der Waals surface area contributed by atoms with E-state index in [4.69, 9.17) is 19.4 Å². The molecule has 0 amide bonds. The van der Waals surface area contributed by atoms with Gasteiger partial charge in [-0.25, -0.2) is 0 Å². The van der Waals surface area contributed by atoms with Gasteiger partial charge in [0.15, 0.2) is 0 Å². The summed E-state index contributed by atoms with van der Waals surface area (Å²) < 4.78 is 0. The van der Waals surface area contributed by atoms with E-state index in [2.05, 4.69) is 72.8 Å². The topological polar surface area (TPSA) is 0 Å². The summed E-state index contributed by atoms with van der Waals surface area (Å²) in [5.41, 5.74) is 0. The van der Waals surface area contributed by atoms with Gasteiger partial charge >= 0.3 is 157 Å². The van der Waals surface area contributed by atoms with Crippen molar-refractivity contribution in [1.82, 2.24) is 0 Å². The standard InChI is InChI=1S/3C6H6P.2ClH.Ru/c3*7-6-4-2-1-3-5-6;;;/h3*1-5,7H;2*1H;/q3*-1;;;+5/p-2. The van der Waals surface area contributed by atoms with Crippen LogP contribution in [0.2, 0.25) is 0 Å². The summed E-state index contributed by atoms with van der Waals surface area (Å²) in [6.07, 6.45) is 0. The molecule has 0 aliphatic carbocycles. The van der Waals surface area contributed by atoms with Crippen molar-refractivity contribution in [2.75, 3.05) is 0 Å². The van der Waals surface area contributed by atoms with Gasteiger partial charge in [-0.3, -0.25) is 0 Å². The summed E-state index contributed by atoms with van der Waals surface area (Å²) in [6, 6.07) is 31.4. The Morgan fingerprint density at radius 2 is 0.708 bits per heavy atom. The number of hydrogen-bond donors (Lipinski definition) is 0. The van der Waals surface area contributed by atoms with Crippen LogP contribution in [0, 0.1) is 0 Å².